The van der Waals surface area contributed by atoms with Crippen LogP contribution in [0.1, 0.15) is 48.5 Å². The zero-order valence-electron chi connectivity index (χ0n) is 21.7. The highest BCUT2D eigenvalue weighted by molar-refractivity contribution is 5.73. The Morgan fingerprint density at radius 3 is 2.78 bits per heavy atom. The fourth-order valence-electron chi connectivity index (χ4n) is 5.52. The Hall–Kier alpha value is -3.17. The van der Waals surface area contributed by atoms with Gasteiger partial charge in [0.05, 0.1) is 29.7 Å². The van der Waals surface area contributed by atoms with Crippen LogP contribution in [-0.4, -0.2) is 77.0 Å². The molecule has 1 saturated heterocycles. The monoisotopic (exact) mass is 490 g/mol. The third-order valence-electron chi connectivity index (χ3n) is 7.48. The molecule has 36 heavy (non-hydrogen) atoms. The highest BCUT2D eigenvalue weighted by atomic mass is 16.2. The van der Waals surface area contributed by atoms with Crippen LogP contribution < -0.4 is 15.5 Å². The minimum atomic E-state index is -0.158. The molecule has 2 N–H and O–H groups in total. The second-order valence-electron chi connectivity index (χ2n) is 9.96. The lowest BCUT2D eigenvalue weighted by atomic mass is 9.91. The van der Waals surface area contributed by atoms with E-state index in [1.165, 1.54) is 11.3 Å². The predicted octanol–water partition coefficient (Wildman–Crippen LogP) is 2.81. The summed E-state index contributed by atoms with van der Waals surface area (Å²) in [5.41, 5.74) is 5.50. The number of imidazole rings is 1. The Morgan fingerprint density at radius 1 is 1.14 bits per heavy atom. The zero-order chi connectivity index (χ0) is 25.1. The summed E-state index contributed by atoms with van der Waals surface area (Å²) >= 11 is 0. The lowest BCUT2D eigenvalue weighted by Crippen LogP contribution is -2.45. The number of amides is 2. The molecular weight excluding hydrogens is 452 g/mol. The Labute approximate surface area is 213 Å². The van der Waals surface area contributed by atoms with E-state index in [2.05, 4.69) is 68.1 Å². The second-order valence-corrected chi connectivity index (χ2v) is 9.96. The van der Waals surface area contributed by atoms with Gasteiger partial charge in [0, 0.05) is 45.5 Å². The van der Waals surface area contributed by atoms with Crippen LogP contribution in [0.15, 0.2) is 36.5 Å². The highest BCUT2D eigenvalue weighted by Crippen LogP contribution is 2.33. The summed E-state index contributed by atoms with van der Waals surface area (Å²) in [6.45, 7) is 7.62. The van der Waals surface area contributed by atoms with Gasteiger partial charge in [-0.05, 0) is 64.0 Å². The van der Waals surface area contributed by atoms with Gasteiger partial charge in [0.25, 0.3) is 0 Å². The van der Waals surface area contributed by atoms with Gasteiger partial charge in [0.15, 0.2) is 0 Å². The molecule has 0 radical (unpaired) electrons. The van der Waals surface area contributed by atoms with Crippen molar-refractivity contribution in [1.82, 2.24) is 34.8 Å². The van der Waals surface area contributed by atoms with Crippen molar-refractivity contribution in [3.05, 3.63) is 59.2 Å². The molecule has 0 saturated carbocycles. The largest absolute Gasteiger partial charge is 0.355 e. The summed E-state index contributed by atoms with van der Waals surface area (Å²) in [5, 5.41) is 5.90. The number of hydrogen-bond acceptors (Lipinski definition) is 6. The summed E-state index contributed by atoms with van der Waals surface area (Å²) in [6.07, 6.45) is 5.25. The molecule has 4 heterocycles. The van der Waals surface area contributed by atoms with Crippen molar-refractivity contribution in [2.75, 3.05) is 51.7 Å². The van der Waals surface area contributed by atoms with Crippen LogP contribution in [0, 0.1) is 0 Å². The Morgan fingerprint density at radius 2 is 1.97 bits per heavy atom. The first kappa shape index (κ1) is 24.5. The van der Waals surface area contributed by atoms with Gasteiger partial charge in [-0.2, -0.15) is 0 Å². The van der Waals surface area contributed by atoms with Gasteiger partial charge < -0.3 is 20.4 Å². The van der Waals surface area contributed by atoms with E-state index in [1.54, 1.807) is 0 Å². The molecule has 1 aliphatic heterocycles. The van der Waals surface area contributed by atoms with Gasteiger partial charge in [-0.1, -0.05) is 12.1 Å². The van der Waals surface area contributed by atoms with Gasteiger partial charge in [-0.15, -0.1) is 0 Å². The molecule has 2 amide bonds. The van der Waals surface area contributed by atoms with Crippen molar-refractivity contribution < 1.29 is 4.79 Å². The maximum absolute atomic E-state index is 12.3. The van der Waals surface area contributed by atoms with Crippen LogP contribution in [0.5, 0.6) is 0 Å². The topological polar surface area (TPSA) is 81.0 Å². The lowest BCUT2D eigenvalue weighted by molar-refractivity contribution is 0.206. The van der Waals surface area contributed by atoms with E-state index in [0.29, 0.717) is 19.6 Å². The van der Waals surface area contributed by atoms with Crippen molar-refractivity contribution in [2.24, 2.45) is 0 Å². The number of aryl methyl sites for hydroxylation is 1. The molecule has 3 aromatic rings. The zero-order valence-corrected chi connectivity index (χ0v) is 21.7. The van der Waals surface area contributed by atoms with E-state index in [4.69, 9.17) is 9.97 Å². The molecule has 3 aromatic heterocycles. The minimum Gasteiger partial charge on any atom is -0.355 e. The second kappa shape index (κ2) is 10.8. The molecule has 0 bridgehead atoms. The van der Waals surface area contributed by atoms with E-state index in [0.717, 1.165) is 68.3 Å². The van der Waals surface area contributed by atoms with E-state index < -0.39 is 0 Å². The van der Waals surface area contributed by atoms with Crippen molar-refractivity contribution in [2.45, 2.75) is 45.3 Å². The number of urea groups is 1. The van der Waals surface area contributed by atoms with Crippen LogP contribution in [0.2, 0.25) is 0 Å². The number of piperazine rings is 1. The fourth-order valence-corrected chi connectivity index (χ4v) is 5.52. The number of carbonyl (C=O) groups is 1. The number of hydrogen-bond donors (Lipinski definition) is 2. The smallest absolute Gasteiger partial charge is 0.315 e. The Balaban J connectivity index is 1.49. The molecule has 0 aromatic carbocycles. The molecule has 1 aliphatic carbocycles. The SMILES string of the molecule is CCNC(=O)NCc1c(CN(C)[C@H]2CCCc3cccnc32)nc2cccc(N3CCN(C)CC3)n12. The van der Waals surface area contributed by atoms with Crippen LogP contribution in [0.4, 0.5) is 10.6 Å². The number of fused-ring (bicyclic) bond motifs is 2. The lowest BCUT2D eigenvalue weighted by Gasteiger charge is -2.34. The van der Waals surface area contributed by atoms with E-state index in [-0.39, 0.29) is 12.1 Å². The number of likely N-dealkylation sites (N-methyl/N-ethyl adjacent to an activating group) is 1. The number of aromatic nitrogens is 3. The third kappa shape index (κ3) is 5.03. The molecule has 1 fully saturated rings. The normalized spacial score (nSPS) is 18.4. The molecule has 2 aliphatic rings. The standard InChI is InChI=1S/C27H38N8O/c1-4-28-27(36)30-18-23-21(19-33(3)22-10-5-8-20-9-7-13-29-26(20)22)31-24-11-6-12-25(35(23)24)34-16-14-32(2)15-17-34/h6-7,9,11-13,22H,4-5,8,10,14-19H2,1-3H3,(H2,28,30,36)/t22-/m0/s1. The number of nitrogens with one attached hydrogen (secondary N) is 2. The summed E-state index contributed by atoms with van der Waals surface area (Å²) in [7, 11) is 4.34. The first-order valence-electron chi connectivity index (χ1n) is 13.1. The van der Waals surface area contributed by atoms with Crippen LogP contribution in [0.25, 0.3) is 5.65 Å². The van der Waals surface area contributed by atoms with Crippen molar-refractivity contribution in [3.63, 3.8) is 0 Å². The summed E-state index contributed by atoms with van der Waals surface area (Å²) in [5.74, 6) is 1.14. The molecule has 0 spiro atoms. The van der Waals surface area contributed by atoms with Crippen molar-refractivity contribution in [3.8, 4) is 0 Å². The fraction of sp³-hybridized carbons (Fsp3) is 0.519. The van der Waals surface area contributed by atoms with Gasteiger partial charge in [-0.3, -0.25) is 14.3 Å². The molecule has 9 nitrogen and oxygen atoms in total. The molecule has 1 atom stereocenters. The summed E-state index contributed by atoms with van der Waals surface area (Å²) < 4.78 is 2.24. The third-order valence-corrected chi connectivity index (χ3v) is 7.48. The molecule has 192 valence electrons. The molecule has 0 unspecified atom stereocenters. The van der Waals surface area contributed by atoms with Crippen LogP contribution >= 0.6 is 0 Å². The molecule has 9 heteroatoms. The van der Waals surface area contributed by atoms with E-state index in [9.17, 15) is 4.79 Å². The van der Waals surface area contributed by atoms with Gasteiger partial charge in [0.1, 0.15) is 11.5 Å². The molecule has 5 rings (SSSR count). The Kier molecular flexibility index (Phi) is 7.38. The average Bonchev–Trinajstić information content (AvgIpc) is 3.24. The number of nitrogens with zero attached hydrogens (tertiary/aromatic N) is 6. The average molecular weight is 491 g/mol. The number of rotatable bonds is 7. The van der Waals surface area contributed by atoms with Crippen LogP contribution in [-0.2, 0) is 19.5 Å². The Bertz CT molecular complexity index is 1200. The summed E-state index contributed by atoms with van der Waals surface area (Å²) in [6, 6.07) is 10.7. The van der Waals surface area contributed by atoms with Crippen LogP contribution in [0.3, 0.4) is 0 Å². The van der Waals surface area contributed by atoms with Crippen molar-refractivity contribution >= 4 is 17.5 Å². The number of carbonyl (C=O) groups excluding carboxylic acids is 1. The molecular formula is C27H38N8O. The first-order valence-corrected chi connectivity index (χ1v) is 13.1. The maximum atomic E-state index is 12.3. The maximum Gasteiger partial charge on any atom is 0.315 e. The van der Waals surface area contributed by atoms with E-state index >= 15 is 0 Å². The van der Waals surface area contributed by atoms with Gasteiger partial charge in [-0.25, -0.2) is 9.78 Å². The quantitative estimate of drug-likeness (QED) is 0.530. The number of anilines is 1. The van der Waals surface area contributed by atoms with Gasteiger partial charge >= 0.3 is 6.03 Å². The van der Waals surface area contributed by atoms with Gasteiger partial charge in [0.2, 0.25) is 0 Å². The summed E-state index contributed by atoms with van der Waals surface area (Å²) in [4.78, 5) is 29.3. The highest BCUT2D eigenvalue weighted by Gasteiger charge is 2.27. The first-order chi connectivity index (χ1) is 17.5. The van der Waals surface area contributed by atoms with Crippen molar-refractivity contribution in [1.29, 1.82) is 0 Å². The number of pyridine rings is 2. The predicted molar refractivity (Wildman–Crippen MR) is 142 cm³/mol. The van der Waals surface area contributed by atoms with E-state index in [1.807, 2.05) is 19.2 Å². The minimum absolute atomic E-state index is 0.158.